The SMILES string of the molecule is CP(=O)(OF)OBF. The first kappa shape index (κ1) is 8.07. The van der Waals surface area contributed by atoms with Crippen LogP contribution in [0, 0.1) is 0 Å². The van der Waals surface area contributed by atoms with Gasteiger partial charge in [-0.3, -0.25) is 8.88 Å². The Morgan fingerprint density at radius 2 is 2.25 bits per heavy atom. The highest BCUT2D eigenvalue weighted by Gasteiger charge is 2.17. The maximum atomic E-state index is 11.0. The normalized spacial score (nSPS) is 17.4. The zero-order valence-electron chi connectivity index (χ0n) is 4.13. The van der Waals surface area contributed by atoms with Crippen LogP contribution in [0.4, 0.5) is 8.84 Å². The van der Waals surface area contributed by atoms with Gasteiger partial charge in [0.15, 0.2) is 0 Å². The molecule has 0 amide bonds. The second kappa shape index (κ2) is 3.17. The van der Waals surface area contributed by atoms with Crippen LogP contribution in [-0.2, 0) is 13.7 Å². The lowest BCUT2D eigenvalue weighted by atomic mass is 10.5. The highest BCUT2D eigenvalue weighted by molar-refractivity contribution is 7.53. The Morgan fingerprint density at radius 1 is 1.75 bits per heavy atom. The van der Waals surface area contributed by atoms with Gasteiger partial charge in [0.2, 0.25) is 0 Å². The zero-order chi connectivity index (χ0) is 6.62. The number of hydrogen-bond donors (Lipinski definition) is 0. The third kappa shape index (κ3) is 3.13. The molecule has 0 aliphatic rings. The van der Waals surface area contributed by atoms with E-state index in [9.17, 15) is 13.4 Å². The second-order valence-electron chi connectivity index (χ2n) is 1.08. The van der Waals surface area contributed by atoms with Gasteiger partial charge >= 0.3 is 15.4 Å². The molecule has 0 saturated heterocycles. The molecule has 0 N–H and O–H groups in total. The van der Waals surface area contributed by atoms with Gasteiger partial charge in [0.1, 0.15) is 0 Å². The summed E-state index contributed by atoms with van der Waals surface area (Å²) >= 11 is 0. The highest BCUT2D eigenvalue weighted by atomic mass is 31.2. The van der Waals surface area contributed by atoms with E-state index in [1.54, 1.807) is 0 Å². The van der Waals surface area contributed by atoms with Crippen LogP contribution in [0.25, 0.3) is 0 Å². The van der Waals surface area contributed by atoms with Crippen LogP contribution in [0.15, 0.2) is 0 Å². The quantitative estimate of drug-likeness (QED) is 0.437. The molecule has 0 saturated carbocycles. The molecule has 8 heavy (non-hydrogen) atoms. The van der Waals surface area contributed by atoms with Crippen molar-refractivity contribution < 1.29 is 22.6 Å². The number of hydrogen-bond acceptors (Lipinski definition) is 3. The molecule has 0 heterocycles. The molecule has 0 aromatic rings. The predicted octanol–water partition coefficient (Wildman–Crippen LogP) is 0.963. The molecule has 0 aliphatic heterocycles. The summed E-state index contributed by atoms with van der Waals surface area (Å²) in [6.45, 7) is 0.826. The van der Waals surface area contributed by atoms with E-state index in [-0.39, 0.29) is 0 Å². The van der Waals surface area contributed by atoms with Crippen molar-refractivity contribution in [1.29, 1.82) is 0 Å². The summed E-state index contributed by atoms with van der Waals surface area (Å²) in [7, 11) is -5.02. The summed E-state index contributed by atoms with van der Waals surface area (Å²) in [5, 5.41) is 0. The van der Waals surface area contributed by atoms with Crippen molar-refractivity contribution in [3.63, 3.8) is 0 Å². The molecule has 0 spiro atoms. The molecular formula is CH4BF2O3P. The van der Waals surface area contributed by atoms with E-state index >= 15 is 0 Å². The van der Waals surface area contributed by atoms with Gasteiger partial charge in [0.25, 0.3) is 0 Å². The van der Waals surface area contributed by atoms with E-state index in [4.69, 9.17) is 0 Å². The molecule has 0 bridgehead atoms. The fourth-order valence-corrected chi connectivity index (χ4v) is 0.326. The summed E-state index contributed by atoms with van der Waals surface area (Å²) in [6.07, 6.45) is 0. The van der Waals surface area contributed by atoms with Gasteiger partial charge in [-0.1, -0.05) is 0 Å². The minimum atomic E-state index is -3.72. The molecule has 48 valence electrons. The molecule has 7 heteroatoms. The highest BCUT2D eigenvalue weighted by Crippen LogP contribution is 2.43. The molecule has 1 atom stereocenters. The van der Waals surface area contributed by atoms with Gasteiger partial charge in [-0.25, -0.2) is 0 Å². The van der Waals surface area contributed by atoms with Crippen molar-refractivity contribution in [2.24, 2.45) is 0 Å². The first-order valence-electron chi connectivity index (χ1n) is 1.71. The Bertz CT molecular complexity index is 107. The maximum absolute atomic E-state index is 11.0. The second-order valence-corrected chi connectivity index (χ2v) is 3.02. The number of halogens is 2. The van der Waals surface area contributed by atoms with Crippen LogP contribution < -0.4 is 0 Å². The minimum absolute atomic E-state index is 0.826. The van der Waals surface area contributed by atoms with E-state index in [0.29, 0.717) is 0 Å². The maximum Gasteiger partial charge on any atom is 0.488 e. The largest absolute Gasteiger partial charge is 0.488 e. The van der Waals surface area contributed by atoms with Crippen LogP contribution in [0.1, 0.15) is 0 Å². The zero-order valence-corrected chi connectivity index (χ0v) is 5.03. The lowest BCUT2D eigenvalue weighted by molar-refractivity contribution is -0.0153. The molecule has 0 aliphatic carbocycles. The van der Waals surface area contributed by atoms with Crippen molar-refractivity contribution in [1.82, 2.24) is 0 Å². The summed E-state index contributed by atoms with van der Waals surface area (Å²) in [5.74, 6) is 0. The lowest BCUT2D eigenvalue weighted by Crippen LogP contribution is -1.88. The van der Waals surface area contributed by atoms with Crippen LogP contribution in [-0.4, -0.2) is 14.4 Å². The Morgan fingerprint density at radius 3 is 2.38 bits per heavy atom. The van der Waals surface area contributed by atoms with E-state index in [2.05, 4.69) is 9.17 Å². The summed E-state index contributed by atoms with van der Waals surface area (Å²) < 4.78 is 38.5. The molecule has 0 fully saturated rings. The van der Waals surface area contributed by atoms with Crippen LogP contribution in [0.5, 0.6) is 0 Å². The van der Waals surface area contributed by atoms with Crippen molar-refractivity contribution in [2.75, 3.05) is 6.66 Å². The smallest absolute Gasteiger partial charge is 0.338 e. The van der Waals surface area contributed by atoms with Crippen molar-refractivity contribution in [3.8, 4) is 0 Å². The first-order valence-corrected chi connectivity index (χ1v) is 3.70. The van der Waals surface area contributed by atoms with Gasteiger partial charge in [-0.15, -0.1) is 4.73 Å². The Kier molecular flexibility index (Phi) is 3.20. The van der Waals surface area contributed by atoms with Crippen LogP contribution in [0.3, 0.4) is 0 Å². The summed E-state index contributed by atoms with van der Waals surface area (Å²) in [5.41, 5.74) is 0. The molecule has 0 aromatic carbocycles. The molecule has 0 rings (SSSR count). The standard InChI is InChI=1S/CH4BF2O3P/c1-8(5,7-4)6-2-3/h2H,1H3. The van der Waals surface area contributed by atoms with Gasteiger partial charge < -0.3 is 4.44 Å². The fourth-order valence-electron chi connectivity index (χ4n) is 0.109. The predicted molar refractivity (Wildman–Crippen MR) is 25.1 cm³/mol. The Balaban J connectivity index is 3.55. The van der Waals surface area contributed by atoms with Gasteiger partial charge in [-0.05, 0) is 4.53 Å². The first-order chi connectivity index (χ1) is 3.62. The van der Waals surface area contributed by atoms with Crippen molar-refractivity contribution in [2.45, 2.75) is 0 Å². The van der Waals surface area contributed by atoms with Crippen molar-refractivity contribution in [3.05, 3.63) is 0 Å². The van der Waals surface area contributed by atoms with Crippen LogP contribution in [0.2, 0.25) is 0 Å². The Labute approximate surface area is 45.7 Å². The van der Waals surface area contributed by atoms with E-state index in [1.165, 1.54) is 0 Å². The van der Waals surface area contributed by atoms with Gasteiger partial charge in [0.05, 0.1) is 0 Å². The fraction of sp³-hybridized carbons (Fsp3) is 1.00. The summed E-state index contributed by atoms with van der Waals surface area (Å²) in [6, 6.07) is 0. The average molecular weight is 144 g/mol. The molecular weight excluding hydrogens is 140 g/mol. The third-order valence-corrected chi connectivity index (χ3v) is 1.23. The molecule has 3 nitrogen and oxygen atoms in total. The van der Waals surface area contributed by atoms with Gasteiger partial charge in [0, 0.05) is 6.66 Å². The molecule has 0 aromatic heterocycles. The summed E-state index contributed by atoms with van der Waals surface area (Å²) in [4.78, 5) is 0. The lowest BCUT2D eigenvalue weighted by Gasteiger charge is -2.01. The average Bonchev–Trinajstić information content (AvgIpc) is 1.67. The van der Waals surface area contributed by atoms with Crippen LogP contribution >= 0.6 is 7.60 Å². The monoisotopic (exact) mass is 144 g/mol. The number of rotatable bonds is 3. The topological polar surface area (TPSA) is 35.5 Å². The van der Waals surface area contributed by atoms with E-state index in [1.807, 2.05) is 0 Å². The minimum Gasteiger partial charge on any atom is -0.338 e. The third-order valence-electron chi connectivity index (χ3n) is 0.409. The van der Waals surface area contributed by atoms with E-state index < -0.39 is 15.4 Å². The molecule has 1 unspecified atom stereocenters. The van der Waals surface area contributed by atoms with Gasteiger partial charge in [-0.2, -0.15) is 0 Å². The molecule has 0 radical (unpaired) electrons. The Hall–Kier alpha value is 0.0749. The van der Waals surface area contributed by atoms with Crippen molar-refractivity contribution >= 4 is 15.4 Å². The van der Waals surface area contributed by atoms with E-state index in [0.717, 1.165) is 6.66 Å².